The van der Waals surface area contributed by atoms with E-state index in [2.05, 4.69) is 10.1 Å². The predicted octanol–water partition coefficient (Wildman–Crippen LogP) is 3.66. The van der Waals surface area contributed by atoms with Crippen molar-refractivity contribution >= 4 is 0 Å². The monoisotopic (exact) mass is 303 g/mol. The molecule has 1 aliphatic heterocycles. The normalized spacial score (nSPS) is 18.5. The van der Waals surface area contributed by atoms with E-state index in [1.54, 1.807) is 12.1 Å². The molecule has 1 heterocycles. The lowest BCUT2D eigenvalue weighted by Gasteiger charge is -2.24. The average Bonchev–Trinajstić information content (AvgIpc) is 2.45. The van der Waals surface area contributed by atoms with Gasteiger partial charge in [-0.3, -0.25) is 0 Å². The minimum absolute atomic E-state index is 0.0905. The van der Waals surface area contributed by atoms with Gasteiger partial charge >= 0.3 is 6.36 Å². The molecule has 0 aliphatic carbocycles. The molecule has 118 valence electrons. The summed E-state index contributed by atoms with van der Waals surface area (Å²) in [4.78, 5) is 0. The Balaban J connectivity index is 1.83. The molecular weight excluding hydrogens is 283 g/mol. The van der Waals surface area contributed by atoms with Crippen LogP contribution in [0, 0.1) is 5.92 Å². The Morgan fingerprint density at radius 3 is 2.43 bits per heavy atom. The molecule has 1 aliphatic rings. The molecule has 2 rings (SSSR count). The first-order valence-electron chi connectivity index (χ1n) is 7.11. The molecule has 0 saturated carbocycles. The number of hydrogen-bond acceptors (Lipinski definition) is 3. The standard InChI is InChI=1S/C15H20F3NO2/c1-11(19-10-12-6-8-20-9-7-12)13-2-4-14(5-3-13)21-15(16,17)18/h2-5,11-12,19H,6-10H2,1H3. The predicted molar refractivity (Wildman–Crippen MR) is 73.1 cm³/mol. The van der Waals surface area contributed by atoms with E-state index < -0.39 is 6.36 Å². The first-order chi connectivity index (χ1) is 9.94. The van der Waals surface area contributed by atoms with Gasteiger partial charge in [0.25, 0.3) is 0 Å². The second-order valence-corrected chi connectivity index (χ2v) is 5.30. The molecule has 6 heteroatoms. The minimum Gasteiger partial charge on any atom is -0.406 e. The summed E-state index contributed by atoms with van der Waals surface area (Å²) in [6.45, 7) is 4.51. The van der Waals surface area contributed by atoms with Crippen molar-refractivity contribution in [1.29, 1.82) is 0 Å². The van der Waals surface area contributed by atoms with Crippen molar-refractivity contribution in [3.63, 3.8) is 0 Å². The largest absolute Gasteiger partial charge is 0.573 e. The van der Waals surface area contributed by atoms with E-state index in [0.717, 1.165) is 38.2 Å². The van der Waals surface area contributed by atoms with Gasteiger partial charge in [-0.2, -0.15) is 0 Å². The Morgan fingerprint density at radius 2 is 1.86 bits per heavy atom. The molecule has 0 amide bonds. The summed E-state index contributed by atoms with van der Waals surface area (Å²) in [7, 11) is 0. The van der Waals surface area contributed by atoms with Crippen molar-refractivity contribution in [3.05, 3.63) is 29.8 Å². The first-order valence-corrected chi connectivity index (χ1v) is 7.11. The molecular formula is C15H20F3NO2. The molecule has 1 fully saturated rings. The number of ether oxygens (including phenoxy) is 2. The number of rotatable bonds is 5. The Morgan fingerprint density at radius 1 is 1.24 bits per heavy atom. The lowest BCUT2D eigenvalue weighted by molar-refractivity contribution is -0.274. The van der Waals surface area contributed by atoms with Crippen molar-refractivity contribution < 1.29 is 22.6 Å². The molecule has 0 spiro atoms. The Labute approximate surface area is 122 Å². The molecule has 1 atom stereocenters. The summed E-state index contributed by atoms with van der Waals surface area (Å²) in [6.07, 6.45) is -2.54. The summed E-state index contributed by atoms with van der Waals surface area (Å²) in [6, 6.07) is 6.09. The summed E-state index contributed by atoms with van der Waals surface area (Å²) < 4.78 is 45.4. The zero-order chi connectivity index (χ0) is 15.3. The van der Waals surface area contributed by atoms with Crippen LogP contribution in [0.5, 0.6) is 5.75 Å². The fourth-order valence-electron chi connectivity index (χ4n) is 2.37. The third-order valence-electron chi connectivity index (χ3n) is 3.67. The summed E-state index contributed by atoms with van der Waals surface area (Å²) in [5, 5.41) is 3.42. The number of benzene rings is 1. The number of hydrogen-bond donors (Lipinski definition) is 1. The van der Waals surface area contributed by atoms with Crippen LogP contribution in [-0.4, -0.2) is 26.1 Å². The van der Waals surface area contributed by atoms with E-state index in [9.17, 15) is 13.2 Å². The van der Waals surface area contributed by atoms with Gasteiger partial charge in [-0.05, 0) is 49.9 Å². The molecule has 1 aromatic rings. The highest BCUT2D eigenvalue weighted by atomic mass is 19.4. The highest BCUT2D eigenvalue weighted by Crippen LogP contribution is 2.24. The van der Waals surface area contributed by atoms with Crippen molar-refractivity contribution in [2.45, 2.75) is 32.2 Å². The molecule has 1 unspecified atom stereocenters. The fraction of sp³-hybridized carbons (Fsp3) is 0.600. The van der Waals surface area contributed by atoms with Crippen molar-refractivity contribution in [1.82, 2.24) is 5.32 Å². The molecule has 3 nitrogen and oxygen atoms in total. The van der Waals surface area contributed by atoms with Crippen molar-refractivity contribution in [3.8, 4) is 5.75 Å². The third kappa shape index (κ3) is 5.55. The lowest BCUT2D eigenvalue weighted by Crippen LogP contribution is -2.29. The quantitative estimate of drug-likeness (QED) is 0.900. The van der Waals surface area contributed by atoms with Crippen LogP contribution in [0.3, 0.4) is 0 Å². The fourth-order valence-corrected chi connectivity index (χ4v) is 2.37. The average molecular weight is 303 g/mol. The SMILES string of the molecule is CC(NCC1CCOCC1)c1ccc(OC(F)(F)F)cc1. The van der Waals surface area contributed by atoms with Gasteiger partial charge in [0.05, 0.1) is 0 Å². The molecule has 0 aromatic heterocycles. The van der Waals surface area contributed by atoms with Gasteiger partial charge in [0.2, 0.25) is 0 Å². The van der Waals surface area contributed by atoms with Crippen LogP contribution in [0.2, 0.25) is 0 Å². The van der Waals surface area contributed by atoms with Gasteiger partial charge in [-0.25, -0.2) is 0 Å². The van der Waals surface area contributed by atoms with E-state index in [-0.39, 0.29) is 11.8 Å². The molecule has 1 aromatic carbocycles. The molecule has 0 radical (unpaired) electrons. The second-order valence-electron chi connectivity index (χ2n) is 5.30. The first kappa shape index (κ1) is 16.1. The molecule has 21 heavy (non-hydrogen) atoms. The van der Waals surface area contributed by atoms with E-state index in [0.29, 0.717) is 5.92 Å². The Bertz CT molecular complexity index is 428. The van der Waals surface area contributed by atoms with Gasteiger partial charge in [0.15, 0.2) is 0 Å². The summed E-state index contributed by atoms with van der Waals surface area (Å²) in [5.41, 5.74) is 0.941. The maximum Gasteiger partial charge on any atom is 0.573 e. The number of nitrogens with one attached hydrogen (secondary N) is 1. The molecule has 1 N–H and O–H groups in total. The number of halogens is 3. The van der Waals surface area contributed by atoms with Gasteiger partial charge in [-0.15, -0.1) is 13.2 Å². The van der Waals surface area contributed by atoms with Crippen LogP contribution in [0.25, 0.3) is 0 Å². The highest BCUT2D eigenvalue weighted by molar-refractivity contribution is 5.29. The topological polar surface area (TPSA) is 30.5 Å². The zero-order valence-electron chi connectivity index (χ0n) is 12.0. The summed E-state index contributed by atoms with van der Waals surface area (Å²) in [5.74, 6) is 0.414. The van der Waals surface area contributed by atoms with Crippen molar-refractivity contribution in [2.24, 2.45) is 5.92 Å². The van der Waals surface area contributed by atoms with E-state index >= 15 is 0 Å². The van der Waals surface area contributed by atoms with Crippen LogP contribution < -0.4 is 10.1 Å². The van der Waals surface area contributed by atoms with Crippen LogP contribution in [0.1, 0.15) is 31.4 Å². The summed E-state index contributed by atoms with van der Waals surface area (Å²) >= 11 is 0. The molecule has 1 saturated heterocycles. The maximum absolute atomic E-state index is 12.1. The van der Waals surface area contributed by atoms with Crippen LogP contribution in [-0.2, 0) is 4.74 Å². The van der Waals surface area contributed by atoms with Gasteiger partial charge in [-0.1, -0.05) is 12.1 Å². The van der Waals surface area contributed by atoms with E-state index in [1.165, 1.54) is 12.1 Å². The van der Waals surface area contributed by atoms with E-state index in [4.69, 9.17) is 4.74 Å². The van der Waals surface area contributed by atoms with Crippen LogP contribution in [0.15, 0.2) is 24.3 Å². The molecule has 0 bridgehead atoms. The van der Waals surface area contributed by atoms with Crippen molar-refractivity contribution in [2.75, 3.05) is 19.8 Å². The van der Waals surface area contributed by atoms with Gasteiger partial charge in [0.1, 0.15) is 5.75 Å². The Kier molecular flexibility index (Phi) is 5.47. The van der Waals surface area contributed by atoms with Crippen LogP contribution >= 0.6 is 0 Å². The highest BCUT2D eigenvalue weighted by Gasteiger charge is 2.31. The van der Waals surface area contributed by atoms with E-state index in [1.807, 2.05) is 6.92 Å². The Hall–Kier alpha value is -1.27. The van der Waals surface area contributed by atoms with Gasteiger partial charge < -0.3 is 14.8 Å². The minimum atomic E-state index is -4.64. The lowest BCUT2D eigenvalue weighted by atomic mass is 9.99. The second kappa shape index (κ2) is 7.13. The third-order valence-corrected chi connectivity index (χ3v) is 3.67. The smallest absolute Gasteiger partial charge is 0.406 e. The number of alkyl halides is 3. The van der Waals surface area contributed by atoms with Gasteiger partial charge in [0, 0.05) is 19.3 Å². The van der Waals surface area contributed by atoms with Crippen LogP contribution in [0.4, 0.5) is 13.2 Å². The zero-order valence-corrected chi connectivity index (χ0v) is 12.0. The maximum atomic E-state index is 12.1.